The van der Waals surface area contributed by atoms with Crippen molar-refractivity contribution in [3.8, 4) is 11.8 Å². The van der Waals surface area contributed by atoms with E-state index in [0.717, 1.165) is 24.9 Å². The van der Waals surface area contributed by atoms with Gasteiger partial charge in [-0.3, -0.25) is 9.48 Å². The Morgan fingerprint density at radius 3 is 2.79 bits per heavy atom. The third-order valence-corrected chi connectivity index (χ3v) is 4.29. The molecule has 0 spiro atoms. The number of carbonyl (C=O) groups excluding carboxylic acids is 1. The van der Waals surface area contributed by atoms with Crippen LogP contribution in [-0.2, 0) is 11.8 Å². The summed E-state index contributed by atoms with van der Waals surface area (Å²) in [7, 11) is 1.88. The van der Waals surface area contributed by atoms with Crippen LogP contribution in [0, 0.1) is 11.3 Å². The van der Waals surface area contributed by atoms with Gasteiger partial charge in [0.05, 0.1) is 23.9 Å². The van der Waals surface area contributed by atoms with Crippen molar-refractivity contribution < 1.29 is 9.53 Å². The fourth-order valence-corrected chi connectivity index (χ4v) is 3.09. The van der Waals surface area contributed by atoms with E-state index < -0.39 is 6.10 Å². The molecule has 6 nitrogen and oxygen atoms in total. The highest BCUT2D eigenvalue weighted by Crippen LogP contribution is 2.32. The Hall–Kier alpha value is -2.81. The average Bonchev–Trinajstić information content (AvgIpc) is 3.23. The van der Waals surface area contributed by atoms with Crippen molar-refractivity contribution >= 4 is 5.91 Å². The van der Waals surface area contributed by atoms with Crippen LogP contribution in [0.4, 0.5) is 0 Å². The highest BCUT2D eigenvalue weighted by molar-refractivity contribution is 5.81. The lowest BCUT2D eigenvalue weighted by molar-refractivity contribution is -0.138. The Bertz CT molecular complexity index is 760. The van der Waals surface area contributed by atoms with Crippen molar-refractivity contribution in [2.45, 2.75) is 31.9 Å². The normalized spacial score (nSPS) is 18.2. The zero-order valence-corrected chi connectivity index (χ0v) is 13.8. The Morgan fingerprint density at radius 1 is 1.42 bits per heavy atom. The molecule has 1 aliphatic rings. The SMILES string of the molecule is C[C@H](Oc1ccc(C#N)cc1)C(=O)N1CCC[C@H]1c1cnn(C)c1. The fraction of sp³-hybridized carbons (Fsp3) is 0.389. The smallest absolute Gasteiger partial charge is 0.263 e. The van der Waals surface area contributed by atoms with E-state index in [0.29, 0.717) is 11.3 Å². The number of amides is 1. The van der Waals surface area contributed by atoms with E-state index in [1.807, 2.05) is 24.3 Å². The highest BCUT2D eigenvalue weighted by atomic mass is 16.5. The zero-order chi connectivity index (χ0) is 17.1. The van der Waals surface area contributed by atoms with Gasteiger partial charge in [-0.2, -0.15) is 10.4 Å². The molecular formula is C18H20N4O2. The largest absolute Gasteiger partial charge is 0.481 e. The molecule has 1 aliphatic heterocycles. The first-order valence-corrected chi connectivity index (χ1v) is 8.04. The van der Waals surface area contributed by atoms with Crippen LogP contribution < -0.4 is 4.74 Å². The van der Waals surface area contributed by atoms with Crippen LogP contribution in [0.1, 0.15) is 36.9 Å². The van der Waals surface area contributed by atoms with Crippen LogP contribution in [0.3, 0.4) is 0 Å². The highest BCUT2D eigenvalue weighted by Gasteiger charge is 2.33. The Morgan fingerprint density at radius 2 is 2.17 bits per heavy atom. The molecule has 1 aromatic heterocycles. The summed E-state index contributed by atoms with van der Waals surface area (Å²) in [5, 5.41) is 13.0. The number of nitriles is 1. The monoisotopic (exact) mass is 324 g/mol. The number of hydrogen-bond donors (Lipinski definition) is 0. The molecule has 1 saturated heterocycles. The van der Waals surface area contributed by atoms with Gasteiger partial charge < -0.3 is 9.64 Å². The van der Waals surface area contributed by atoms with E-state index >= 15 is 0 Å². The van der Waals surface area contributed by atoms with Crippen molar-refractivity contribution in [1.29, 1.82) is 5.26 Å². The summed E-state index contributed by atoms with van der Waals surface area (Å²) < 4.78 is 7.51. The van der Waals surface area contributed by atoms with E-state index in [4.69, 9.17) is 10.00 Å². The van der Waals surface area contributed by atoms with Crippen molar-refractivity contribution in [2.75, 3.05) is 6.54 Å². The molecule has 0 N–H and O–H groups in total. The third-order valence-electron chi connectivity index (χ3n) is 4.29. The predicted octanol–water partition coefficient (Wildman–Crippen LogP) is 2.42. The maximum Gasteiger partial charge on any atom is 0.263 e. The van der Waals surface area contributed by atoms with Gasteiger partial charge in [0.1, 0.15) is 5.75 Å². The fourth-order valence-electron chi connectivity index (χ4n) is 3.09. The Balaban J connectivity index is 1.69. The molecule has 0 radical (unpaired) electrons. The minimum atomic E-state index is -0.574. The molecule has 6 heteroatoms. The van der Waals surface area contributed by atoms with E-state index in [-0.39, 0.29) is 11.9 Å². The Labute approximate surface area is 141 Å². The molecule has 1 fully saturated rings. The molecule has 24 heavy (non-hydrogen) atoms. The van der Waals surface area contributed by atoms with Crippen molar-refractivity contribution in [3.05, 3.63) is 47.8 Å². The maximum atomic E-state index is 12.8. The Kier molecular flexibility index (Phi) is 4.52. The quantitative estimate of drug-likeness (QED) is 0.866. The van der Waals surface area contributed by atoms with Crippen molar-refractivity contribution in [2.24, 2.45) is 7.05 Å². The third kappa shape index (κ3) is 3.25. The average molecular weight is 324 g/mol. The maximum absolute atomic E-state index is 12.8. The number of benzene rings is 1. The molecular weight excluding hydrogens is 304 g/mol. The molecule has 3 rings (SSSR count). The first-order valence-electron chi connectivity index (χ1n) is 8.04. The number of aryl methyl sites for hydroxylation is 1. The molecule has 2 atom stereocenters. The number of nitrogens with zero attached hydrogens (tertiary/aromatic N) is 4. The van der Waals surface area contributed by atoms with Crippen LogP contribution in [-0.4, -0.2) is 33.2 Å². The number of ether oxygens (including phenoxy) is 1. The minimum absolute atomic E-state index is 0.0225. The van der Waals surface area contributed by atoms with Crippen LogP contribution >= 0.6 is 0 Å². The van der Waals surface area contributed by atoms with E-state index in [2.05, 4.69) is 11.2 Å². The number of hydrogen-bond acceptors (Lipinski definition) is 4. The van der Waals surface area contributed by atoms with Crippen molar-refractivity contribution in [1.82, 2.24) is 14.7 Å². The second-order valence-electron chi connectivity index (χ2n) is 6.03. The lowest BCUT2D eigenvalue weighted by Gasteiger charge is -2.27. The summed E-state index contributed by atoms with van der Waals surface area (Å²) in [5.74, 6) is 0.567. The van der Waals surface area contributed by atoms with Gasteiger partial charge in [-0.1, -0.05) is 0 Å². The summed E-state index contributed by atoms with van der Waals surface area (Å²) in [6.45, 7) is 2.50. The molecule has 2 heterocycles. The molecule has 0 bridgehead atoms. The summed E-state index contributed by atoms with van der Waals surface area (Å²) in [6, 6.07) is 8.92. The zero-order valence-electron chi connectivity index (χ0n) is 13.8. The van der Waals surface area contributed by atoms with Gasteiger partial charge in [0.2, 0.25) is 0 Å². The standard InChI is InChI=1S/C18H20N4O2/c1-13(24-16-7-5-14(10-19)6-8-16)18(23)22-9-3-4-17(22)15-11-20-21(2)12-15/h5-8,11-13,17H,3-4,9H2,1-2H3/t13-,17-/m0/s1. The van der Waals surface area contributed by atoms with Gasteiger partial charge in [-0.05, 0) is 44.0 Å². The predicted molar refractivity (Wildman–Crippen MR) is 88.1 cm³/mol. The molecule has 124 valence electrons. The van der Waals surface area contributed by atoms with E-state index in [9.17, 15) is 4.79 Å². The lowest BCUT2D eigenvalue weighted by atomic mass is 10.1. The number of carbonyl (C=O) groups is 1. The molecule has 1 aromatic carbocycles. The van der Waals surface area contributed by atoms with Gasteiger partial charge >= 0.3 is 0 Å². The van der Waals surface area contributed by atoms with Crippen LogP contribution in [0.5, 0.6) is 5.75 Å². The molecule has 0 saturated carbocycles. The van der Waals surface area contributed by atoms with Gasteiger partial charge in [0, 0.05) is 25.4 Å². The van der Waals surface area contributed by atoms with Gasteiger partial charge in [0.15, 0.2) is 6.10 Å². The number of rotatable bonds is 4. The first-order chi connectivity index (χ1) is 11.6. The van der Waals surface area contributed by atoms with Crippen LogP contribution in [0.2, 0.25) is 0 Å². The van der Waals surface area contributed by atoms with Gasteiger partial charge in [0.25, 0.3) is 5.91 Å². The second kappa shape index (κ2) is 6.75. The summed E-state index contributed by atoms with van der Waals surface area (Å²) in [5.41, 5.74) is 1.63. The topological polar surface area (TPSA) is 71.2 Å². The molecule has 2 aromatic rings. The first kappa shape index (κ1) is 16.1. The lowest BCUT2D eigenvalue weighted by Crippen LogP contribution is -2.40. The molecule has 0 aliphatic carbocycles. The molecule has 1 amide bonds. The van der Waals surface area contributed by atoms with Gasteiger partial charge in [-0.25, -0.2) is 0 Å². The van der Waals surface area contributed by atoms with E-state index in [1.165, 1.54) is 0 Å². The van der Waals surface area contributed by atoms with Gasteiger partial charge in [-0.15, -0.1) is 0 Å². The summed E-state index contributed by atoms with van der Waals surface area (Å²) in [4.78, 5) is 14.7. The van der Waals surface area contributed by atoms with E-state index in [1.54, 1.807) is 35.9 Å². The summed E-state index contributed by atoms with van der Waals surface area (Å²) in [6.07, 6.45) is 5.14. The minimum Gasteiger partial charge on any atom is -0.481 e. The summed E-state index contributed by atoms with van der Waals surface area (Å²) >= 11 is 0. The number of aromatic nitrogens is 2. The van der Waals surface area contributed by atoms with Crippen LogP contribution in [0.25, 0.3) is 0 Å². The van der Waals surface area contributed by atoms with Crippen LogP contribution in [0.15, 0.2) is 36.7 Å². The second-order valence-corrected chi connectivity index (χ2v) is 6.03. The molecule has 0 unspecified atom stereocenters. The van der Waals surface area contributed by atoms with Crippen molar-refractivity contribution in [3.63, 3.8) is 0 Å². The number of likely N-dealkylation sites (tertiary alicyclic amines) is 1.